The van der Waals surface area contributed by atoms with E-state index in [1.807, 2.05) is 36.4 Å². The van der Waals surface area contributed by atoms with Gasteiger partial charge in [0.15, 0.2) is 11.5 Å². The Bertz CT molecular complexity index is 839. The fraction of sp³-hybridized carbons (Fsp3) is 0.304. The molecule has 146 valence electrons. The van der Waals surface area contributed by atoms with Gasteiger partial charge in [-0.2, -0.15) is 5.26 Å². The van der Waals surface area contributed by atoms with Crippen LogP contribution in [-0.2, 0) is 11.2 Å². The Hall–Kier alpha value is -3.26. The van der Waals surface area contributed by atoms with E-state index in [9.17, 15) is 10.1 Å². The van der Waals surface area contributed by atoms with Crippen LogP contribution in [0.2, 0.25) is 0 Å². The van der Waals surface area contributed by atoms with Crippen LogP contribution in [0.5, 0.6) is 11.5 Å². The average Bonchev–Trinajstić information content (AvgIpc) is 2.73. The fourth-order valence-electron chi connectivity index (χ4n) is 2.60. The number of hydrogen-bond acceptors (Lipinski definition) is 4. The number of methoxy groups -OCH3 is 1. The molecule has 1 amide bonds. The van der Waals surface area contributed by atoms with E-state index in [-0.39, 0.29) is 11.5 Å². The van der Waals surface area contributed by atoms with Crippen LogP contribution in [0.4, 0.5) is 0 Å². The molecule has 0 bridgehead atoms. The summed E-state index contributed by atoms with van der Waals surface area (Å²) in [5.74, 6) is 0.839. The lowest BCUT2D eigenvalue weighted by atomic mass is 10.1. The van der Waals surface area contributed by atoms with Gasteiger partial charge in [0.25, 0.3) is 5.91 Å². The molecule has 0 radical (unpaired) electrons. The normalized spacial score (nSPS) is 10.8. The highest BCUT2D eigenvalue weighted by atomic mass is 16.5. The summed E-state index contributed by atoms with van der Waals surface area (Å²) in [6.07, 6.45) is 4.28. The zero-order valence-corrected chi connectivity index (χ0v) is 16.4. The number of nitrogens with zero attached hydrogens (tertiary/aromatic N) is 1. The van der Waals surface area contributed by atoms with Crippen molar-refractivity contribution in [1.29, 1.82) is 5.26 Å². The lowest BCUT2D eigenvalue weighted by molar-refractivity contribution is -0.117. The third kappa shape index (κ3) is 6.48. The van der Waals surface area contributed by atoms with Crippen molar-refractivity contribution in [3.8, 4) is 17.6 Å². The number of amides is 1. The van der Waals surface area contributed by atoms with Gasteiger partial charge in [-0.15, -0.1) is 0 Å². The van der Waals surface area contributed by atoms with E-state index in [0.717, 1.165) is 18.4 Å². The number of carbonyl (C=O) groups excluding carboxylic acids is 1. The number of carbonyl (C=O) groups is 1. The van der Waals surface area contributed by atoms with Crippen molar-refractivity contribution in [2.45, 2.75) is 26.2 Å². The number of nitrogens with one attached hydrogen (secondary N) is 1. The quantitative estimate of drug-likeness (QED) is 0.383. The summed E-state index contributed by atoms with van der Waals surface area (Å²) in [6.45, 7) is 3.19. The van der Waals surface area contributed by atoms with Gasteiger partial charge in [0.2, 0.25) is 0 Å². The van der Waals surface area contributed by atoms with E-state index in [1.165, 1.54) is 0 Å². The first-order chi connectivity index (χ1) is 13.7. The Morgan fingerprint density at radius 2 is 1.96 bits per heavy atom. The Labute approximate surface area is 166 Å². The van der Waals surface area contributed by atoms with Crippen LogP contribution in [0.1, 0.15) is 30.9 Å². The fourth-order valence-corrected chi connectivity index (χ4v) is 2.60. The predicted molar refractivity (Wildman–Crippen MR) is 110 cm³/mol. The van der Waals surface area contributed by atoms with Gasteiger partial charge < -0.3 is 14.8 Å². The van der Waals surface area contributed by atoms with Crippen molar-refractivity contribution in [3.05, 3.63) is 65.2 Å². The summed E-state index contributed by atoms with van der Waals surface area (Å²) >= 11 is 0. The van der Waals surface area contributed by atoms with E-state index in [1.54, 1.807) is 31.4 Å². The van der Waals surface area contributed by atoms with Crippen molar-refractivity contribution in [3.63, 3.8) is 0 Å². The zero-order chi connectivity index (χ0) is 20.2. The summed E-state index contributed by atoms with van der Waals surface area (Å²) in [4.78, 5) is 12.3. The van der Waals surface area contributed by atoms with Gasteiger partial charge in [0.05, 0.1) is 13.7 Å². The van der Waals surface area contributed by atoms with Gasteiger partial charge in [0.1, 0.15) is 11.6 Å². The standard InChI is InChI=1S/C23H26N2O3/c1-3-4-14-28-21-11-10-19(16-22(21)27-2)15-20(17-24)23(26)25-13-12-18-8-6-5-7-9-18/h5-11,15-16H,3-4,12-14H2,1-2H3,(H,25,26)/b20-15+. The van der Waals surface area contributed by atoms with Gasteiger partial charge in [-0.05, 0) is 42.2 Å². The summed E-state index contributed by atoms with van der Waals surface area (Å²) in [5.41, 5.74) is 1.89. The highest BCUT2D eigenvalue weighted by molar-refractivity contribution is 6.01. The maximum atomic E-state index is 12.3. The van der Waals surface area contributed by atoms with E-state index < -0.39 is 0 Å². The van der Waals surface area contributed by atoms with Gasteiger partial charge >= 0.3 is 0 Å². The molecule has 0 aliphatic rings. The van der Waals surface area contributed by atoms with Gasteiger partial charge in [-0.3, -0.25) is 4.79 Å². The predicted octanol–water partition coefficient (Wildman–Crippen LogP) is 4.14. The average molecular weight is 378 g/mol. The molecule has 0 saturated carbocycles. The molecule has 2 aromatic carbocycles. The molecule has 0 atom stereocenters. The number of rotatable bonds is 10. The summed E-state index contributed by atoms with van der Waals surface area (Å²) in [5, 5.41) is 12.2. The SMILES string of the molecule is CCCCOc1ccc(/C=C(\C#N)C(=O)NCCc2ccccc2)cc1OC. The molecule has 2 aromatic rings. The van der Waals surface area contributed by atoms with Crippen molar-refractivity contribution < 1.29 is 14.3 Å². The second-order valence-electron chi connectivity index (χ2n) is 6.27. The van der Waals surface area contributed by atoms with Crippen LogP contribution in [-0.4, -0.2) is 26.2 Å². The maximum Gasteiger partial charge on any atom is 0.261 e. The first-order valence-corrected chi connectivity index (χ1v) is 9.42. The lowest BCUT2D eigenvalue weighted by Crippen LogP contribution is -2.26. The first-order valence-electron chi connectivity index (χ1n) is 9.42. The molecule has 0 fully saturated rings. The molecule has 0 unspecified atom stereocenters. The largest absolute Gasteiger partial charge is 0.493 e. The molecule has 28 heavy (non-hydrogen) atoms. The number of hydrogen-bond donors (Lipinski definition) is 1. The second-order valence-corrected chi connectivity index (χ2v) is 6.27. The van der Waals surface area contributed by atoms with E-state index >= 15 is 0 Å². The molecule has 5 heteroatoms. The van der Waals surface area contributed by atoms with Gasteiger partial charge in [0, 0.05) is 6.54 Å². The van der Waals surface area contributed by atoms with Gasteiger partial charge in [-0.25, -0.2) is 0 Å². The van der Waals surface area contributed by atoms with Crippen LogP contribution in [0.25, 0.3) is 6.08 Å². The molecule has 0 aliphatic carbocycles. The van der Waals surface area contributed by atoms with Crippen molar-refractivity contribution in [2.75, 3.05) is 20.3 Å². The molecule has 5 nitrogen and oxygen atoms in total. The second kappa shape index (κ2) is 11.5. The highest BCUT2D eigenvalue weighted by Crippen LogP contribution is 2.29. The number of benzene rings is 2. The van der Waals surface area contributed by atoms with Crippen molar-refractivity contribution in [2.24, 2.45) is 0 Å². The molecule has 0 aliphatic heterocycles. The highest BCUT2D eigenvalue weighted by Gasteiger charge is 2.10. The maximum absolute atomic E-state index is 12.3. The zero-order valence-electron chi connectivity index (χ0n) is 16.4. The van der Waals surface area contributed by atoms with E-state index in [0.29, 0.717) is 36.6 Å². The van der Waals surface area contributed by atoms with Crippen LogP contribution < -0.4 is 14.8 Å². The van der Waals surface area contributed by atoms with Crippen LogP contribution >= 0.6 is 0 Å². The van der Waals surface area contributed by atoms with Crippen LogP contribution in [0, 0.1) is 11.3 Å². The lowest BCUT2D eigenvalue weighted by Gasteiger charge is -2.11. The van der Waals surface area contributed by atoms with Gasteiger partial charge in [-0.1, -0.05) is 49.7 Å². The van der Waals surface area contributed by atoms with E-state index in [2.05, 4.69) is 12.2 Å². The summed E-state index contributed by atoms with van der Waals surface area (Å²) in [6, 6.07) is 17.2. The monoisotopic (exact) mass is 378 g/mol. The minimum absolute atomic E-state index is 0.0507. The van der Waals surface area contributed by atoms with Crippen molar-refractivity contribution in [1.82, 2.24) is 5.32 Å². The molecule has 2 rings (SSSR count). The summed E-state index contributed by atoms with van der Waals surface area (Å²) in [7, 11) is 1.57. The first kappa shape index (κ1) is 21.0. The topological polar surface area (TPSA) is 71.3 Å². The molecule has 0 aromatic heterocycles. The minimum Gasteiger partial charge on any atom is -0.493 e. The van der Waals surface area contributed by atoms with Crippen molar-refractivity contribution >= 4 is 12.0 Å². The Morgan fingerprint density at radius 1 is 1.18 bits per heavy atom. The molecular formula is C23H26N2O3. The Balaban J connectivity index is 2.01. The van der Waals surface area contributed by atoms with E-state index in [4.69, 9.17) is 9.47 Å². The summed E-state index contributed by atoms with van der Waals surface area (Å²) < 4.78 is 11.1. The molecule has 1 N–H and O–H groups in total. The van der Waals surface area contributed by atoms with Crippen LogP contribution in [0.15, 0.2) is 54.1 Å². The smallest absolute Gasteiger partial charge is 0.261 e. The molecule has 0 saturated heterocycles. The molecule has 0 spiro atoms. The Kier molecular flexibility index (Phi) is 8.61. The minimum atomic E-state index is -0.388. The third-order valence-corrected chi connectivity index (χ3v) is 4.16. The molecule has 0 heterocycles. The van der Waals surface area contributed by atoms with Crippen LogP contribution in [0.3, 0.4) is 0 Å². The Morgan fingerprint density at radius 3 is 2.64 bits per heavy atom. The number of nitriles is 1. The number of ether oxygens (including phenoxy) is 2. The molecular weight excluding hydrogens is 352 g/mol. The third-order valence-electron chi connectivity index (χ3n) is 4.16. The number of unbranched alkanes of at least 4 members (excludes halogenated alkanes) is 1.